The second-order valence-corrected chi connectivity index (χ2v) is 7.72. The lowest BCUT2D eigenvalue weighted by Gasteiger charge is -2.08. The Balaban J connectivity index is 1.43. The molecule has 0 aliphatic heterocycles. The van der Waals surface area contributed by atoms with E-state index in [1.54, 1.807) is 0 Å². The molecular formula is C29H23NO. The van der Waals surface area contributed by atoms with Crippen molar-refractivity contribution in [3.05, 3.63) is 114 Å². The molecule has 0 fully saturated rings. The monoisotopic (exact) mass is 401 g/mol. The minimum atomic E-state index is 0.363. The lowest BCUT2D eigenvalue weighted by Crippen LogP contribution is -1.99. The molecule has 5 aromatic rings. The van der Waals surface area contributed by atoms with Crippen molar-refractivity contribution in [2.24, 2.45) is 0 Å². The van der Waals surface area contributed by atoms with Gasteiger partial charge in [-0.05, 0) is 48.9 Å². The van der Waals surface area contributed by atoms with E-state index in [9.17, 15) is 0 Å². The number of fused-ring (bicyclic) bond motifs is 3. The van der Waals surface area contributed by atoms with Gasteiger partial charge < -0.3 is 9.30 Å². The van der Waals surface area contributed by atoms with Gasteiger partial charge >= 0.3 is 0 Å². The normalized spacial score (nSPS) is 10.7. The molecule has 0 unspecified atom stereocenters. The largest absolute Gasteiger partial charge is 0.481 e. The first-order chi connectivity index (χ1) is 15.3. The van der Waals surface area contributed by atoms with E-state index in [1.807, 2.05) is 18.2 Å². The fraction of sp³-hybridized carbons (Fsp3) is 0.103. The van der Waals surface area contributed by atoms with Gasteiger partial charge in [0, 0.05) is 33.9 Å². The Morgan fingerprint density at radius 3 is 2.32 bits per heavy atom. The number of benzene rings is 4. The van der Waals surface area contributed by atoms with Gasteiger partial charge in [-0.2, -0.15) is 0 Å². The standard InChI is InChI=1S/C29H23NO/c1-22-13-15-23(16-14-22)10-7-19-31-25-17-18-29-27(20-25)26-11-5-6-12-28(26)30(29)21-24-8-3-2-4-9-24/h2-6,8-9,11-18,20H,19,21H2,1H3. The Morgan fingerprint density at radius 1 is 0.742 bits per heavy atom. The Kier molecular flexibility index (Phi) is 5.17. The first-order valence-electron chi connectivity index (χ1n) is 10.5. The summed E-state index contributed by atoms with van der Waals surface area (Å²) >= 11 is 0. The first-order valence-corrected chi connectivity index (χ1v) is 10.5. The molecule has 2 heteroatoms. The molecule has 0 aliphatic carbocycles. The van der Waals surface area contributed by atoms with Crippen molar-refractivity contribution in [2.75, 3.05) is 6.61 Å². The van der Waals surface area contributed by atoms with Crippen molar-refractivity contribution in [3.63, 3.8) is 0 Å². The van der Waals surface area contributed by atoms with Crippen LogP contribution in [-0.2, 0) is 6.54 Å². The molecule has 5 rings (SSSR count). The van der Waals surface area contributed by atoms with E-state index < -0.39 is 0 Å². The fourth-order valence-electron chi connectivity index (χ4n) is 3.95. The lowest BCUT2D eigenvalue weighted by molar-refractivity contribution is 0.371. The van der Waals surface area contributed by atoms with Crippen LogP contribution in [0.15, 0.2) is 97.1 Å². The predicted molar refractivity (Wildman–Crippen MR) is 129 cm³/mol. The van der Waals surface area contributed by atoms with Gasteiger partial charge in [-0.3, -0.25) is 0 Å². The van der Waals surface area contributed by atoms with Gasteiger partial charge in [0.2, 0.25) is 0 Å². The van der Waals surface area contributed by atoms with Gasteiger partial charge in [-0.25, -0.2) is 0 Å². The minimum absolute atomic E-state index is 0.363. The number of aromatic nitrogens is 1. The van der Waals surface area contributed by atoms with Crippen LogP contribution in [0.4, 0.5) is 0 Å². The first kappa shape index (κ1) is 19.0. The van der Waals surface area contributed by atoms with Gasteiger partial charge in [-0.15, -0.1) is 0 Å². The van der Waals surface area contributed by atoms with Crippen molar-refractivity contribution in [1.29, 1.82) is 0 Å². The highest BCUT2D eigenvalue weighted by Crippen LogP contribution is 2.32. The Labute approximate surface area is 182 Å². The van der Waals surface area contributed by atoms with Crippen LogP contribution in [0.1, 0.15) is 16.7 Å². The molecule has 2 nitrogen and oxygen atoms in total. The molecule has 0 radical (unpaired) electrons. The highest BCUT2D eigenvalue weighted by molar-refractivity contribution is 6.08. The molecule has 0 atom stereocenters. The highest BCUT2D eigenvalue weighted by Gasteiger charge is 2.11. The van der Waals surface area contributed by atoms with Crippen LogP contribution in [0.3, 0.4) is 0 Å². The molecule has 0 aliphatic rings. The molecule has 4 aromatic carbocycles. The molecule has 0 saturated heterocycles. The van der Waals surface area contributed by atoms with Gasteiger partial charge in [-0.1, -0.05) is 78.1 Å². The van der Waals surface area contributed by atoms with Gasteiger partial charge in [0.25, 0.3) is 0 Å². The number of rotatable bonds is 4. The van der Waals surface area contributed by atoms with Crippen LogP contribution in [0.5, 0.6) is 5.75 Å². The van der Waals surface area contributed by atoms with E-state index in [4.69, 9.17) is 4.74 Å². The number of para-hydroxylation sites is 1. The molecular weight excluding hydrogens is 378 g/mol. The fourth-order valence-corrected chi connectivity index (χ4v) is 3.95. The second kappa shape index (κ2) is 8.42. The molecule has 0 spiro atoms. The third-order valence-corrected chi connectivity index (χ3v) is 5.52. The van der Waals surface area contributed by atoms with Crippen LogP contribution in [0, 0.1) is 18.8 Å². The average Bonchev–Trinajstić information content (AvgIpc) is 3.12. The van der Waals surface area contributed by atoms with Crippen molar-refractivity contribution in [1.82, 2.24) is 4.57 Å². The maximum atomic E-state index is 5.95. The summed E-state index contributed by atoms with van der Waals surface area (Å²) in [6, 6.07) is 33.7. The van der Waals surface area contributed by atoms with E-state index in [2.05, 4.69) is 102 Å². The van der Waals surface area contributed by atoms with Gasteiger partial charge in [0.05, 0.1) is 0 Å². The Morgan fingerprint density at radius 2 is 1.48 bits per heavy atom. The summed E-state index contributed by atoms with van der Waals surface area (Å²) in [6.45, 7) is 3.28. The third kappa shape index (κ3) is 4.04. The van der Waals surface area contributed by atoms with E-state index in [0.717, 1.165) is 17.9 Å². The molecule has 0 amide bonds. The summed E-state index contributed by atoms with van der Waals surface area (Å²) in [6.07, 6.45) is 0. The molecule has 150 valence electrons. The zero-order valence-corrected chi connectivity index (χ0v) is 17.5. The van der Waals surface area contributed by atoms with Crippen molar-refractivity contribution in [2.45, 2.75) is 13.5 Å². The molecule has 1 heterocycles. The number of ether oxygens (including phenoxy) is 1. The lowest BCUT2D eigenvalue weighted by atomic mass is 10.1. The maximum absolute atomic E-state index is 5.95. The topological polar surface area (TPSA) is 14.2 Å². The Hall–Kier alpha value is -3.96. The van der Waals surface area contributed by atoms with Crippen molar-refractivity contribution >= 4 is 21.8 Å². The number of hydrogen-bond donors (Lipinski definition) is 0. The summed E-state index contributed by atoms with van der Waals surface area (Å²) in [4.78, 5) is 0. The van der Waals surface area contributed by atoms with Crippen LogP contribution >= 0.6 is 0 Å². The van der Waals surface area contributed by atoms with E-state index in [0.29, 0.717) is 6.61 Å². The summed E-state index contributed by atoms with van der Waals surface area (Å²) < 4.78 is 8.33. The second-order valence-electron chi connectivity index (χ2n) is 7.72. The molecule has 31 heavy (non-hydrogen) atoms. The van der Waals surface area contributed by atoms with Crippen LogP contribution in [-0.4, -0.2) is 11.2 Å². The highest BCUT2D eigenvalue weighted by atomic mass is 16.5. The van der Waals surface area contributed by atoms with Crippen LogP contribution in [0.2, 0.25) is 0 Å². The molecule has 0 saturated carbocycles. The van der Waals surface area contributed by atoms with Crippen molar-refractivity contribution < 1.29 is 4.74 Å². The summed E-state index contributed by atoms with van der Waals surface area (Å²) in [5.74, 6) is 7.12. The van der Waals surface area contributed by atoms with Crippen molar-refractivity contribution in [3.8, 4) is 17.6 Å². The summed E-state index contributed by atoms with van der Waals surface area (Å²) in [7, 11) is 0. The minimum Gasteiger partial charge on any atom is -0.481 e. The van der Waals surface area contributed by atoms with E-state index in [-0.39, 0.29) is 0 Å². The molecule has 1 aromatic heterocycles. The zero-order chi connectivity index (χ0) is 21.0. The van der Waals surface area contributed by atoms with E-state index >= 15 is 0 Å². The summed E-state index contributed by atoms with van der Waals surface area (Å²) in [5.41, 5.74) is 5.98. The maximum Gasteiger partial charge on any atom is 0.149 e. The molecule has 0 N–H and O–H groups in total. The Bertz CT molecular complexity index is 1400. The average molecular weight is 402 g/mol. The summed E-state index contributed by atoms with van der Waals surface area (Å²) in [5, 5.41) is 2.44. The number of aryl methyl sites for hydroxylation is 1. The van der Waals surface area contributed by atoms with Crippen LogP contribution in [0.25, 0.3) is 21.8 Å². The number of nitrogens with zero attached hydrogens (tertiary/aromatic N) is 1. The predicted octanol–water partition coefficient (Wildman–Crippen LogP) is 6.58. The van der Waals surface area contributed by atoms with Crippen LogP contribution < -0.4 is 4.74 Å². The SMILES string of the molecule is Cc1ccc(C#CCOc2ccc3c(c2)c2ccccc2n3Cc2ccccc2)cc1. The number of hydrogen-bond acceptors (Lipinski definition) is 1. The molecule has 0 bridgehead atoms. The van der Waals surface area contributed by atoms with Gasteiger partial charge in [0.1, 0.15) is 12.4 Å². The van der Waals surface area contributed by atoms with E-state index in [1.165, 1.54) is 32.9 Å². The zero-order valence-electron chi connectivity index (χ0n) is 17.5. The van der Waals surface area contributed by atoms with Gasteiger partial charge in [0.15, 0.2) is 0 Å². The quantitative estimate of drug-likeness (QED) is 0.310. The smallest absolute Gasteiger partial charge is 0.149 e. The third-order valence-electron chi connectivity index (χ3n) is 5.52.